The molecule has 0 radical (unpaired) electrons. The van der Waals surface area contributed by atoms with Crippen LogP contribution in [0.1, 0.15) is 34.1 Å². The molecule has 0 bridgehead atoms. The van der Waals surface area contributed by atoms with E-state index in [1.807, 2.05) is 0 Å². The standard InChI is InChI=1S/C28H20Cl10N2O6S/c1-9-2-3-10-11(6-9)47-28(40-12(41)7-45-25-21(35)17(31)15(29)18(32)22(25)36)14(10)27(43)39-4-5-44-13(42)8-46-26-23(37)19(33)16(30)20(34)24(26)38/h9H,2-8H2,1H3,(H,39,43)(H,40,41). The zero-order valence-electron chi connectivity index (χ0n) is 23.7. The van der Waals surface area contributed by atoms with Crippen molar-refractivity contribution in [2.45, 2.75) is 26.2 Å². The van der Waals surface area contributed by atoms with Crippen molar-refractivity contribution < 1.29 is 28.6 Å². The Kier molecular flexibility index (Phi) is 13.9. The fourth-order valence-corrected chi connectivity index (χ4v) is 8.28. The van der Waals surface area contributed by atoms with Crippen LogP contribution in [0.4, 0.5) is 5.00 Å². The van der Waals surface area contributed by atoms with E-state index >= 15 is 0 Å². The van der Waals surface area contributed by atoms with Crippen LogP contribution in [0.3, 0.4) is 0 Å². The molecule has 0 aliphatic heterocycles. The number of rotatable bonds is 11. The molecule has 47 heavy (non-hydrogen) atoms. The van der Waals surface area contributed by atoms with Crippen molar-refractivity contribution in [2.24, 2.45) is 5.92 Å². The number of carbonyl (C=O) groups excluding carboxylic acids is 3. The lowest BCUT2D eigenvalue weighted by atomic mass is 9.88. The molecule has 4 rings (SSSR count). The van der Waals surface area contributed by atoms with Gasteiger partial charge in [0.2, 0.25) is 0 Å². The quantitative estimate of drug-likeness (QED) is 0.0861. The first-order chi connectivity index (χ1) is 22.1. The predicted octanol–water partition coefficient (Wildman–Crippen LogP) is 10.8. The number of anilines is 1. The van der Waals surface area contributed by atoms with Crippen molar-refractivity contribution in [3.63, 3.8) is 0 Å². The van der Waals surface area contributed by atoms with E-state index in [0.29, 0.717) is 22.9 Å². The van der Waals surface area contributed by atoms with Crippen LogP contribution in [0.5, 0.6) is 11.5 Å². The molecule has 1 aliphatic carbocycles. The van der Waals surface area contributed by atoms with Gasteiger partial charge in [-0.15, -0.1) is 11.3 Å². The highest BCUT2D eigenvalue weighted by molar-refractivity contribution is 7.17. The molecule has 1 heterocycles. The van der Waals surface area contributed by atoms with Crippen LogP contribution < -0.4 is 20.1 Å². The summed E-state index contributed by atoms with van der Waals surface area (Å²) in [5.74, 6) is -1.70. The molecule has 254 valence electrons. The van der Waals surface area contributed by atoms with E-state index < -0.39 is 31.0 Å². The lowest BCUT2D eigenvalue weighted by molar-refractivity contribution is -0.145. The van der Waals surface area contributed by atoms with Gasteiger partial charge in [0.25, 0.3) is 11.8 Å². The van der Waals surface area contributed by atoms with E-state index in [9.17, 15) is 14.4 Å². The molecule has 8 nitrogen and oxygen atoms in total. The summed E-state index contributed by atoms with van der Waals surface area (Å²) in [7, 11) is 0. The summed E-state index contributed by atoms with van der Waals surface area (Å²) in [5.41, 5.74) is 1.15. The van der Waals surface area contributed by atoms with E-state index in [1.165, 1.54) is 11.3 Å². The predicted molar refractivity (Wildman–Crippen MR) is 191 cm³/mol. The van der Waals surface area contributed by atoms with Crippen LogP contribution in [-0.4, -0.2) is 44.1 Å². The second kappa shape index (κ2) is 16.8. The SMILES string of the molecule is CC1CCc2c(sc(NC(=O)COc3c(Cl)c(Cl)c(Cl)c(Cl)c3Cl)c2C(=O)NCCOC(=O)COc2c(Cl)c(Cl)c(Cl)c(Cl)c2Cl)C1. The van der Waals surface area contributed by atoms with E-state index in [0.717, 1.165) is 23.3 Å². The van der Waals surface area contributed by atoms with Crippen molar-refractivity contribution in [1.82, 2.24) is 5.32 Å². The number of hydrogen-bond donors (Lipinski definition) is 2. The van der Waals surface area contributed by atoms with E-state index in [2.05, 4.69) is 17.6 Å². The minimum atomic E-state index is -0.785. The van der Waals surface area contributed by atoms with Crippen LogP contribution in [0.15, 0.2) is 0 Å². The van der Waals surface area contributed by atoms with Crippen molar-refractivity contribution in [1.29, 1.82) is 0 Å². The molecule has 1 unspecified atom stereocenters. The van der Waals surface area contributed by atoms with Crippen LogP contribution in [-0.2, 0) is 27.2 Å². The molecule has 0 spiro atoms. The van der Waals surface area contributed by atoms with Gasteiger partial charge in [-0.2, -0.15) is 0 Å². The maximum Gasteiger partial charge on any atom is 0.344 e. The number of benzene rings is 2. The molecule has 0 saturated heterocycles. The van der Waals surface area contributed by atoms with Gasteiger partial charge >= 0.3 is 5.97 Å². The first kappa shape index (κ1) is 38.8. The molecular weight excluding hydrogens is 847 g/mol. The molecule has 1 aliphatic rings. The monoisotopic (exact) mass is 862 g/mol. The summed E-state index contributed by atoms with van der Waals surface area (Å²) >= 11 is 62.0. The van der Waals surface area contributed by atoms with Crippen LogP contribution in [0.2, 0.25) is 50.2 Å². The minimum Gasteiger partial charge on any atom is -0.481 e. The van der Waals surface area contributed by atoms with Gasteiger partial charge in [-0.05, 0) is 30.7 Å². The number of nitrogens with one attached hydrogen (secondary N) is 2. The molecule has 3 aromatic rings. The molecule has 2 aromatic carbocycles. The molecular formula is C28H20Cl10N2O6S. The number of thiophene rings is 1. The Morgan fingerprint density at radius 3 is 1.77 bits per heavy atom. The summed E-state index contributed by atoms with van der Waals surface area (Å²) in [5, 5.41) is 4.85. The summed E-state index contributed by atoms with van der Waals surface area (Å²) in [4.78, 5) is 39.6. The average molecular weight is 867 g/mol. The minimum absolute atomic E-state index is 0.0444. The summed E-state index contributed by atoms with van der Waals surface area (Å²) in [6.45, 7) is 0.763. The number of fused-ring (bicyclic) bond motifs is 1. The Bertz CT molecular complexity index is 1690. The van der Waals surface area contributed by atoms with Crippen molar-refractivity contribution in [3.8, 4) is 11.5 Å². The number of esters is 1. The Balaban J connectivity index is 1.37. The van der Waals surface area contributed by atoms with E-state index in [-0.39, 0.29) is 74.9 Å². The number of ether oxygens (including phenoxy) is 3. The maximum absolute atomic E-state index is 13.4. The van der Waals surface area contributed by atoms with Crippen LogP contribution >= 0.6 is 127 Å². The van der Waals surface area contributed by atoms with E-state index in [4.69, 9.17) is 130 Å². The van der Waals surface area contributed by atoms with Gasteiger partial charge in [0, 0.05) is 4.88 Å². The second-order valence-electron chi connectivity index (χ2n) is 9.96. The number of halogens is 10. The van der Waals surface area contributed by atoms with Crippen molar-refractivity contribution in [3.05, 3.63) is 66.2 Å². The van der Waals surface area contributed by atoms with Crippen LogP contribution in [0, 0.1) is 5.92 Å². The zero-order valence-corrected chi connectivity index (χ0v) is 32.0. The molecule has 2 amide bonds. The maximum atomic E-state index is 13.4. The first-order valence-electron chi connectivity index (χ1n) is 13.3. The fraction of sp³-hybridized carbons (Fsp3) is 0.321. The molecule has 1 aromatic heterocycles. The molecule has 0 fully saturated rings. The topological polar surface area (TPSA) is 103 Å². The highest BCUT2D eigenvalue weighted by Gasteiger charge is 2.29. The Morgan fingerprint density at radius 1 is 0.745 bits per heavy atom. The highest BCUT2D eigenvalue weighted by Crippen LogP contribution is 2.49. The summed E-state index contributed by atoms with van der Waals surface area (Å²) in [6.07, 6.45) is 2.26. The fourth-order valence-electron chi connectivity index (χ4n) is 4.39. The lowest BCUT2D eigenvalue weighted by Gasteiger charge is -2.18. The van der Waals surface area contributed by atoms with Gasteiger partial charge in [-0.1, -0.05) is 123 Å². The molecule has 2 N–H and O–H groups in total. The molecule has 0 saturated carbocycles. The van der Waals surface area contributed by atoms with Gasteiger partial charge in [0.1, 0.15) is 31.7 Å². The van der Waals surface area contributed by atoms with Gasteiger partial charge in [-0.25, -0.2) is 4.79 Å². The molecule has 1 atom stereocenters. The number of hydrogen-bond acceptors (Lipinski definition) is 7. The second-order valence-corrected chi connectivity index (χ2v) is 14.8. The normalized spacial score (nSPS) is 14.0. The van der Waals surface area contributed by atoms with E-state index in [1.54, 1.807) is 0 Å². The largest absolute Gasteiger partial charge is 0.481 e. The van der Waals surface area contributed by atoms with Crippen LogP contribution in [0.25, 0.3) is 0 Å². The van der Waals surface area contributed by atoms with Gasteiger partial charge in [-0.3, -0.25) is 9.59 Å². The Labute approximate surface area is 323 Å². The van der Waals surface area contributed by atoms with Crippen molar-refractivity contribution in [2.75, 3.05) is 31.7 Å². The third-order valence-corrected chi connectivity index (χ3v) is 12.3. The number of amides is 2. The Hall–Kier alpha value is -0.950. The molecule has 19 heteroatoms. The first-order valence-corrected chi connectivity index (χ1v) is 17.9. The zero-order chi connectivity index (χ0) is 34.7. The number of carbonyl (C=O) groups is 3. The highest BCUT2D eigenvalue weighted by atomic mass is 35.5. The average Bonchev–Trinajstić information content (AvgIpc) is 3.39. The van der Waals surface area contributed by atoms with Gasteiger partial charge in [0.15, 0.2) is 24.7 Å². The Morgan fingerprint density at radius 2 is 1.23 bits per heavy atom. The van der Waals surface area contributed by atoms with Crippen molar-refractivity contribution >= 4 is 150 Å². The smallest absolute Gasteiger partial charge is 0.344 e. The van der Waals surface area contributed by atoms with Gasteiger partial charge < -0.3 is 24.8 Å². The summed E-state index contributed by atoms with van der Waals surface area (Å²) in [6, 6.07) is 0. The third kappa shape index (κ3) is 8.86. The lowest BCUT2D eigenvalue weighted by Crippen LogP contribution is -2.30. The third-order valence-electron chi connectivity index (χ3n) is 6.66. The summed E-state index contributed by atoms with van der Waals surface area (Å²) < 4.78 is 16.0. The van der Waals surface area contributed by atoms with Gasteiger partial charge in [0.05, 0.1) is 42.2 Å².